The third-order valence-electron chi connectivity index (χ3n) is 5.67. The summed E-state index contributed by atoms with van der Waals surface area (Å²) in [5, 5.41) is 7.46. The van der Waals surface area contributed by atoms with E-state index in [1.54, 1.807) is 100 Å². The molecule has 0 spiro atoms. The van der Waals surface area contributed by atoms with Crippen LogP contribution in [-0.2, 0) is 19.1 Å². The molecule has 2 N–H and O–H groups in total. The molecule has 0 atom stereocenters. The lowest BCUT2D eigenvalue weighted by molar-refractivity contribution is -0.139. The molecule has 12 nitrogen and oxygen atoms in total. The van der Waals surface area contributed by atoms with Crippen LogP contribution in [0.2, 0.25) is 0 Å². The molecule has 0 bridgehead atoms. The zero-order valence-electron chi connectivity index (χ0n) is 24.4. The summed E-state index contributed by atoms with van der Waals surface area (Å²) < 4.78 is 21.7. The van der Waals surface area contributed by atoms with Gasteiger partial charge in [-0.3, -0.25) is 9.59 Å². The SMILES string of the molecule is CC(C)OC(=O)c1ccc(-c2ccc(/C=N\NC(=O)C(=O)N/N=C\c3ccc(-c4ccc(C(=O)OC(C)C)cc4)o3)o2)cc1. The summed E-state index contributed by atoms with van der Waals surface area (Å²) >= 11 is 0. The van der Waals surface area contributed by atoms with E-state index in [1.165, 1.54) is 12.4 Å². The molecular formula is C32H30N4O8. The Morgan fingerprint density at radius 1 is 0.591 bits per heavy atom. The minimum atomic E-state index is -1.05. The van der Waals surface area contributed by atoms with Gasteiger partial charge in [0.2, 0.25) is 0 Å². The van der Waals surface area contributed by atoms with Gasteiger partial charge in [-0.2, -0.15) is 10.2 Å². The lowest BCUT2D eigenvalue weighted by Gasteiger charge is -2.07. The highest BCUT2D eigenvalue weighted by Crippen LogP contribution is 2.23. The van der Waals surface area contributed by atoms with Crippen molar-refractivity contribution in [3.05, 3.63) is 95.4 Å². The van der Waals surface area contributed by atoms with Gasteiger partial charge in [0.15, 0.2) is 0 Å². The molecular weight excluding hydrogens is 568 g/mol. The maximum absolute atomic E-state index is 12.0. The normalized spacial score (nSPS) is 11.3. The van der Waals surface area contributed by atoms with Crippen LogP contribution in [0.4, 0.5) is 0 Å². The number of hydrogen-bond acceptors (Lipinski definition) is 10. The van der Waals surface area contributed by atoms with Gasteiger partial charge in [-0.25, -0.2) is 20.4 Å². The monoisotopic (exact) mass is 598 g/mol. The Labute approximate surface area is 252 Å². The minimum absolute atomic E-state index is 0.217. The second-order valence-electron chi connectivity index (χ2n) is 9.87. The standard InChI is InChI=1S/C32H30N4O8/c1-19(2)41-31(39)23-9-5-21(6-10-23)27-15-13-25(43-27)17-33-35-29(37)30(38)36-34-18-26-14-16-28(44-26)22-7-11-24(12-8-22)32(40)42-20(3)4/h5-20H,1-4H3,(H,35,37)(H,36,38)/b33-17-,34-18-. The van der Waals surface area contributed by atoms with Crippen molar-refractivity contribution in [1.29, 1.82) is 0 Å². The fourth-order valence-electron chi connectivity index (χ4n) is 3.67. The van der Waals surface area contributed by atoms with E-state index in [1.807, 2.05) is 0 Å². The third-order valence-corrected chi connectivity index (χ3v) is 5.67. The topological polar surface area (TPSA) is 162 Å². The summed E-state index contributed by atoms with van der Waals surface area (Å²) in [7, 11) is 0. The number of ether oxygens (including phenoxy) is 2. The maximum Gasteiger partial charge on any atom is 0.338 e. The van der Waals surface area contributed by atoms with Crippen molar-refractivity contribution >= 4 is 36.2 Å². The number of amides is 2. The Morgan fingerprint density at radius 3 is 1.30 bits per heavy atom. The Hall–Kier alpha value is -5.78. The van der Waals surface area contributed by atoms with Gasteiger partial charge in [0, 0.05) is 11.1 Å². The summed E-state index contributed by atoms with van der Waals surface area (Å²) in [5.74, 6) is -1.26. The van der Waals surface area contributed by atoms with E-state index < -0.39 is 23.8 Å². The molecule has 0 fully saturated rings. The van der Waals surface area contributed by atoms with Crippen molar-refractivity contribution < 1.29 is 37.5 Å². The largest absolute Gasteiger partial charge is 0.459 e. The van der Waals surface area contributed by atoms with Crippen molar-refractivity contribution in [2.75, 3.05) is 0 Å². The van der Waals surface area contributed by atoms with Gasteiger partial charge < -0.3 is 18.3 Å². The second kappa shape index (κ2) is 14.4. The first-order chi connectivity index (χ1) is 21.1. The first-order valence-corrected chi connectivity index (χ1v) is 13.6. The van der Waals surface area contributed by atoms with Crippen molar-refractivity contribution in [1.82, 2.24) is 10.9 Å². The fraction of sp³-hybridized carbons (Fsp3) is 0.188. The number of furan rings is 2. The lowest BCUT2D eigenvalue weighted by atomic mass is 10.1. The van der Waals surface area contributed by atoms with Crippen molar-refractivity contribution in [3.63, 3.8) is 0 Å². The van der Waals surface area contributed by atoms with Gasteiger partial charge in [-0.05, 0) is 76.2 Å². The Balaban J connectivity index is 1.24. The molecule has 0 saturated carbocycles. The van der Waals surface area contributed by atoms with Crippen molar-refractivity contribution in [2.45, 2.75) is 39.9 Å². The molecule has 0 aliphatic heterocycles. The molecule has 0 saturated heterocycles. The molecule has 2 aromatic carbocycles. The summed E-state index contributed by atoms with van der Waals surface area (Å²) in [5.41, 5.74) is 6.46. The Kier molecular flexibility index (Phi) is 10.2. The van der Waals surface area contributed by atoms with E-state index >= 15 is 0 Å². The molecule has 0 unspecified atom stereocenters. The quantitative estimate of drug-likeness (QED) is 0.112. The van der Waals surface area contributed by atoms with Crippen LogP contribution in [0.3, 0.4) is 0 Å². The molecule has 2 aromatic heterocycles. The lowest BCUT2D eigenvalue weighted by Crippen LogP contribution is -2.35. The van der Waals surface area contributed by atoms with Crippen LogP contribution in [0.5, 0.6) is 0 Å². The van der Waals surface area contributed by atoms with Crippen molar-refractivity contribution in [3.8, 4) is 22.6 Å². The number of esters is 2. The highest BCUT2D eigenvalue weighted by Gasteiger charge is 2.14. The first kappa shape index (κ1) is 31.2. The first-order valence-electron chi connectivity index (χ1n) is 13.6. The molecule has 44 heavy (non-hydrogen) atoms. The highest BCUT2D eigenvalue weighted by atomic mass is 16.5. The van der Waals surface area contributed by atoms with Crippen LogP contribution in [0.15, 0.2) is 91.8 Å². The number of benzene rings is 2. The predicted octanol–water partition coefficient (Wildman–Crippen LogP) is 4.94. The van der Waals surface area contributed by atoms with Crippen LogP contribution < -0.4 is 10.9 Å². The van der Waals surface area contributed by atoms with Gasteiger partial charge in [0.05, 0.1) is 35.8 Å². The van der Waals surface area contributed by atoms with E-state index in [0.717, 1.165) is 11.1 Å². The van der Waals surface area contributed by atoms with Gasteiger partial charge in [0.25, 0.3) is 0 Å². The van der Waals surface area contributed by atoms with Crippen LogP contribution in [-0.4, -0.2) is 48.4 Å². The molecule has 4 aromatic rings. The van der Waals surface area contributed by atoms with Gasteiger partial charge in [-0.15, -0.1) is 0 Å². The van der Waals surface area contributed by atoms with Crippen molar-refractivity contribution in [2.24, 2.45) is 10.2 Å². The van der Waals surface area contributed by atoms with Crippen LogP contribution in [0.1, 0.15) is 59.9 Å². The van der Waals surface area contributed by atoms with E-state index in [4.69, 9.17) is 18.3 Å². The number of nitrogens with zero attached hydrogens (tertiary/aromatic N) is 2. The van der Waals surface area contributed by atoms with Gasteiger partial charge >= 0.3 is 23.8 Å². The molecule has 2 amide bonds. The third kappa shape index (κ3) is 8.61. The van der Waals surface area contributed by atoms with Gasteiger partial charge in [0.1, 0.15) is 23.0 Å². The number of nitrogens with one attached hydrogen (secondary N) is 2. The van der Waals surface area contributed by atoms with E-state index in [0.29, 0.717) is 34.2 Å². The maximum atomic E-state index is 12.0. The Morgan fingerprint density at radius 2 is 0.955 bits per heavy atom. The zero-order valence-corrected chi connectivity index (χ0v) is 24.4. The smallest absolute Gasteiger partial charge is 0.338 e. The molecule has 4 rings (SSSR count). The van der Waals surface area contributed by atoms with Crippen LogP contribution >= 0.6 is 0 Å². The number of carbonyl (C=O) groups is 4. The second-order valence-corrected chi connectivity index (χ2v) is 9.87. The van der Waals surface area contributed by atoms with Gasteiger partial charge in [-0.1, -0.05) is 24.3 Å². The number of carbonyl (C=O) groups excluding carboxylic acids is 4. The van der Waals surface area contributed by atoms with E-state index in [-0.39, 0.29) is 12.2 Å². The average Bonchev–Trinajstić information content (AvgIpc) is 3.67. The molecule has 226 valence electrons. The predicted molar refractivity (Wildman–Crippen MR) is 161 cm³/mol. The summed E-state index contributed by atoms with van der Waals surface area (Å²) in [6, 6.07) is 20.1. The minimum Gasteiger partial charge on any atom is -0.459 e. The molecule has 12 heteroatoms. The van der Waals surface area contributed by atoms with Crippen LogP contribution in [0.25, 0.3) is 22.6 Å². The fourth-order valence-corrected chi connectivity index (χ4v) is 3.67. The number of hydrazone groups is 2. The van der Waals surface area contributed by atoms with Crippen LogP contribution in [0, 0.1) is 0 Å². The Bertz CT molecular complexity index is 1550. The molecule has 0 aliphatic carbocycles. The number of rotatable bonds is 10. The molecule has 2 heterocycles. The summed E-state index contributed by atoms with van der Waals surface area (Å²) in [4.78, 5) is 48.1. The summed E-state index contributed by atoms with van der Waals surface area (Å²) in [6.07, 6.45) is 2.03. The zero-order chi connectivity index (χ0) is 31.6. The molecule has 0 aliphatic rings. The number of hydrogen-bond donors (Lipinski definition) is 2. The summed E-state index contributed by atoms with van der Waals surface area (Å²) in [6.45, 7) is 7.10. The van der Waals surface area contributed by atoms with E-state index in [9.17, 15) is 19.2 Å². The highest BCUT2D eigenvalue weighted by molar-refractivity contribution is 6.35. The van der Waals surface area contributed by atoms with E-state index in [2.05, 4.69) is 21.1 Å². The average molecular weight is 599 g/mol. The molecule has 0 radical (unpaired) electrons.